The quantitative estimate of drug-likeness (QED) is 0.565. The molecule has 0 bridgehead atoms. The number of hydrogen-bond acceptors (Lipinski definition) is 6. The molecule has 0 radical (unpaired) electrons. The van der Waals surface area contributed by atoms with Crippen LogP contribution in [0.3, 0.4) is 0 Å². The molecule has 28 heavy (non-hydrogen) atoms. The number of nitrogens with zero attached hydrogens (tertiary/aromatic N) is 4. The Balaban J connectivity index is 1.39. The predicted octanol–water partition coefficient (Wildman–Crippen LogP) is 2.81. The van der Waals surface area contributed by atoms with Crippen LogP contribution in [0.4, 0.5) is 0 Å². The Kier molecular flexibility index (Phi) is 7.58. The van der Waals surface area contributed by atoms with Gasteiger partial charge in [0.2, 0.25) is 21.7 Å². The number of benzene rings is 1. The molecule has 1 fully saturated rings. The molecule has 8 heteroatoms. The lowest BCUT2D eigenvalue weighted by molar-refractivity contribution is 0.185. The summed E-state index contributed by atoms with van der Waals surface area (Å²) in [5.74, 6) is 1.55. The largest absolute Gasteiger partial charge is 0.339 e. The maximum Gasteiger partial charge on any atom is 0.227 e. The molecule has 1 aromatic heterocycles. The molecule has 1 aliphatic heterocycles. The maximum absolute atomic E-state index is 12.4. The van der Waals surface area contributed by atoms with Crippen molar-refractivity contribution in [3.8, 4) is 11.4 Å². The van der Waals surface area contributed by atoms with E-state index in [2.05, 4.69) is 22.0 Å². The van der Waals surface area contributed by atoms with Gasteiger partial charge in [-0.1, -0.05) is 55.3 Å². The summed E-state index contributed by atoms with van der Waals surface area (Å²) >= 11 is 0. The van der Waals surface area contributed by atoms with Gasteiger partial charge >= 0.3 is 0 Å². The van der Waals surface area contributed by atoms with Crippen LogP contribution in [0.15, 0.2) is 34.9 Å². The Bertz CT molecular complexity index is 815. The fraction of sp³-hybridized carbons (Fsp3) is 0.600. The van der Waals surface area contributed by atoms with Crippen molar-refractivity contribution in [3.05, 3.63) is 36.2 Å². The highest BCUT2D eigenvalue weighted by Gasteiger charge is 2.26. The zero-order chi connectivity index (χ0) is 19.8. The van der Waals surface area contributed by atoms with E-state index in [4.69, 9.17) is 4.52 Å². The summed E-state index contributed by atoms with van der Waals surface area (Å²) in [5.41, 5.74) is 0.953. The molecular formula is C20H30N4O3S. The highest BCUT2D eigenvalue weighted by molar-refractivity contribution is 7.89. The van der Waals surface area contributed by atoms with Gasteiger partial charge in [-0.2, -0.15) is 9.29 Å². The van der Waals surface area contributed by atoms with Crippen molar-refractivity contribution in [1.82, 2.24) is 19.3 Å². The molecule has 0 N–H and O–H groups in total. The van der Waals surface area contributed by atoms with Crippen LogP contribution in [0.5, 0.6) is 0 Å². The third kappa shape index (κ3) is 5.86. The Morgan fingerprint density at radius 2 is 1.79 bits per heavy atom. The molecule has 7 nitrogen and oxygen atoms in total. The molecule has 0 saturated carbocycles. The zero-order valence-electron chi connectivity index (χ0n) is 16.6. The van der Waals surface area contributed by atoms with E-state index >= 15 is 0 Å². The van der Waals surface area contributed by atoms with Gasteiger partial charge < -0.3 is 9.42 Å². The fourth-order valence-electron chi connectivity index (χ4n) is 3.41. The van der Waals surface area contributed by atoms with Crippen molar-refractivity contribution in [2.45, 2.75) is 39.0 Å². The molecule has 0 aliphatic carbocycles. The van der Waals surface area contributed by atoms with E-state index in [1.807, 2.05) is 30.3 Å². The van der Waals surface area contributed by atoms with E-state index in [-0.39, 0.29) is 5.75 Å². The SMILES string of the molecule is CCCCCS(=O)(=O)N1CCN(CCCc2nc(-c3ccccc3)no2)CC1. The number of aryl methyl sites for hydroxylation is 1. The van der Waals surface area contributed by atoms with Crippen LogP contribution in [0.1, 0.15) is 38.5 Å². The van der Waals surface area contributed by atoms with Gasteiger partial charge in [0.05, 0.1) is 5.75 Å². The van der Waals surface area contributed by atoms with Crippen molar-refractivity contribution in [2.24, 2.45) is 0 Å². The second-order valence-electron chi connectivity index (χ2n) is 7.25. The Labute approximate surface area is 167 Å². The van der Waals surface area contributed by atoms with E-state index < -0.39 is 10.0 Å². The van der Waals surface area contributed by atoms with Gasteiger partial charge in [0.15, 0.2) is 0 Å². The molecular weight excluding hydrogens is 376 g/mol. The zero-order valence-corrected chi connectivity index (χ0v) is 17.4. The minimum Gasteiger partial charge on any atom is -0.339 e. The fourth-order valence-corrected chi connectivity index (χ4v) is 4.96. The van der Waals surface area contributed by atoms with Gasteiger partial charge in [-0.05, 0) is 19.4 Å². The van der Waals surface area contributed by atoms with Gasteiger partial charge in [-0.15, -0.1) is 0 Å². The Morgan fingerprint density at radius 3 is 2.50 bits per heavy atom. The third-order valence-electron chi connectivity index (χ3n) is 5.10. The lowest BCUT2D eigenvalue weighted by Crippen LogP contribution is -2.49. The molecule has 0 unspecified atom stereocenters. The molecule has 0 amide bonds. The normalized spacial score (nSPS) is 16.5. The van der Waals surface area contributed by atoms with E-state index in [0.717, 1.165) is 57.3 Å². The van der Waals surface area contributed by atoms with Crippen LogP contribution in [0.2, 0.25) is 0 Å². The van der Waals surface area contributed by atoms with Gasteiger partial charge in [-0.3, -0.25) is 0 Å². The Morgan fingerprint density at radius 1 is 1.04 bits per heavy atom. The molecule has 1 saturated heterocycles. The second kappa shape index (κ2) is 10.1. The number of sulfonamides is 1. The number of hydrogen-bond donors (Lipinski definition) is 0. The molecule has 2 aromatic rings. The first kappa shape index (κ1) is 21.0. The summed E-state index contributed by atoms with van der Waals surface area (Å²) in [7, 11) is -3.09. The molecule has 1 aliphatic rings. The van der Waals surface area contributed by atoms with Crippen LogP contribution in [-0.2, 0) is 16.4 Å². The predicted molar refractivity (Wildman–Crippen MR) is 109 cm³/mol. The first-order valence-electron chi connectivity index (χ1n) is 10.2. The summed E-state index contributed by atoms with van der Waals surface area (Å²) < 4.78 is 31.7. The maximum atomic E-state index is 12.4. The second-order valence-corrected chi connectivity index (χ2v) is 9.33. The van der Waals surface area contributed by atoms with Crippen molar-refractivity contribution in [2.75, 3.05) is 38.5 Å². The first-order valence-corrected chi connectivity index (χ1v) is 11.8. The lowest BCUT2D eigenvalue weighted by atomic mass is 10.2. The first-order chi connectivity index (χ1) is 13.6. The summed E-state index contributed by atoms with van der Waals surface area (Å²) in [6.45, 7) is 5.74. The van der Waals surface area contributed by atoms with Crippen LogP contribution in [0.25, 0.3) is 11.4 Å². The van der Waals surface area contributed by atoms with Gasteiger partial charge in [-0.25, -0.2) is 8.42 Å². The monoisotopic (exact) mass is 406 g/mol. The highest BCUT2D eigenvalue weighted by atomic mass is 32.2. The molecule has 1 aromatic carbocycles. The number of rotatable bonds is 10. The minimum absolute atomic E-state index is 0.280. The standard InChI is InChI=1S/C20H30N4O3S/c1-2-3-7-17-28(25,26)24-15-13-23(14-16-24)12-8-11-19-21-20(22-27-19)18-9-5-4-6-10-18/h4-6,9-10H,2-3,7-8,11-17H2,1H3. The van der Waals surface area contributed by atoms with Crippen LogP contribution < -0.4 is 0 Å². The van der Waals surface area contributed by atoms with E-state index in [1.54, 1.807) is 4.31 Å². The average molecular weight is 407 g/mol. The van der Waals surface area contributed by atoms with Crippen molar-refractivity contribution < 1.29 is 12.9 Å². The Hall–Kier alpha value is -1.77. The van der Waals surface area contributed by atoms with Gasteiger partial charge in [0, 0.05) is 38.2 Å². The summed E-state index contributed by atoms with van der Waals surface area (Å²) in [6, 6.07) is 9.79. The van der Waals surface area contributed by atoms with E-state index in [1.165, 1.54) is 0 Å². The summed E-state index contributed by atoms with van der Waals surface area (Å²) in [6.07, 6.45) is 4.42. The molecule has 2 heterocycles. The summed E-state index contributed by atoms with van der Waals surface area (Å²) in [4.78, 5) is 6.77. The van der Waals surface area contributed by atoms with E-state index in [0.29, 0.717) is 24.8 Å². The van der Waals surface area contributed by atoms with Gasteiger partial charge in [0.25, 0.3) is 0 Å². The minimum atomic E-state index is -3.09. The van der Waals surface area contributed by atoms with E-state index in [9.17, 15) is 8.42 Å². The molecule has 154 valence electrons. The average Bonchev–Trinajstić information content (AvgIpc) is 3.18. The van der Waals surface area contributed by atoms with Crippen molar-refractivity contribution >= 4 is 10.0 Å². The number of aromatic nitrogens is 2. The smallest absolute Gasteiger partial charge is 0.227 e. The van der Waals surface area contributed by atoms with Crippen LogP contribution in [-0.4, -0.2) is 66.2 Å². The van der Waals surface area contributed by atoms with Crippen molar-refractivity contribution in [1.29, 1.82) is 0 Å². The van der Waals surface area contributed by atoms with Crippen LogP contribution >= 0.6 is 0 Å². The topological polar surface area (TPSA) is 79.5 Å². The highest BCUT2D eigenvalue weighted by Crippen LogP contribution is 2.16. The van der Waals surface area contributed by atoms with Crippen molar-refractivity contribution in [3.63, 3.8) is 0 Å². The number of piperazine rings is 1. The number of unbranched alkanes of at least 4 members (excludes halogenated alkanes) is 2. The summed E-state index contributed by atoms with van der Waals surface area (Å²) in [5, 5.41) is 4.05. The molecule has 0 atom stereocenters. The third-order valence-corrected chi connectivity index (χ3v) is 7.05. The molecule has 3 rings (SSSR count). The molecule has 0 spiro atoms. The van der Waals surface area contributed by atoms with Crippen LogP contribution in [0, 0.1) is 0 Å². The van der Waals surface area contributed by atoms with Gasteiger partial charge in [0.1, 0.15) is 0 Å². The lowest BCUT2D eigenvalue weighted by Gasteiger charge is -2.33.